The van der Waals surface area contributed by atoms with Gasteiger partial charge in [-0.3, -0.25) is 14.0 Å². The Morgan fingerprint density at radius 1 is 1.03 bits per heavy atom. The number of benzene rings is 2. The molecule has 1 amide bonds. The molecule has 0 aliphatic carbocycles. The van der Waals surface area contributed by atoms with Gasteiger partial charge in [-0.15, -0.1) is 0 Å². The summed E-state index contributed by atoms with van der Waals surface area (Å²) >= 11 is 6.30. The minimum Gasteiger partial charge on any atom is -0.465 e. The Morgan fingerprint density at radius 2 is 1.76 bits per heavy atom. The summed E-state index contributed by atoms with van der Waals surface area (Å²) in [6.07, 6.45) is 3.07. The number of methoxy groups -OCH3 is 1. The zero-order valence-electron chi connectivity index (χ0n) is 15.6. The molecule has 1 atom stereocenters. The monoisotopic (exact) mass is 428 g/mol. The molecule has 0 saturated heterocycles. The van der Waals surface area contributed by atoms with Gasteiger partial charge in [0.25, 0.3) is 5.91 Å². The fourth-order valence-electron chi connectivity index (χ4n) is 2.62. The van der Waals surface area contributed by atoms with E-state index in [0.29, 0.717) is 38.0 Å². The first-order valence-corrected chi connectivity index (χ1v) is 10.4. The van der Waals surface area contributed by atoms with Crippen LogP contribution in [0.25, 0.3) is 11.3 Å². The van der Waals surface area contributed by atoms with E-state index in [0.717, 1.165) is 0 Å². The van der Waals surface area contributed by atoms with Crippen LogP contribution < -0.4 is 5.32 Å². The average Bonchev–Trinajstić information content (AvgIpc) is 2.74. The lowest BCUT2D eigenvalue weighted by atomic mass is 10.1. The van der Waals surface area contributed by atoms with E-state index in [2.05, 4.69) is 10.3 Å². The van der Waals surface area contributed by atoms with Crippen LogP contribution in [0.5, 0.6) is 0 Å². The summed E-state index contributed by atoms with van der Waals surface area (Å²) in [7, 11) is 0.194. The molecule has 3 rings (SSSR count). The Labute approximate surface area is 175 Å². The fraction of sp³-hybridized carbons (Fsp3) is 0.0952. The van der Waals surface area contributed by atoms with Crippen LogP contribution in [0.2, 0.25) is 5.02 Å². The number of carbonyl (C=O) groups excluding carboxylic acids is 2. The van der Waals surface area contributed by atoms with Crippen LogP contribution in [0.4, 0.5) is 5.69 Å². The lowest BCUT2D eigenvalue weighted by Crippen LogP contribution is -2.12. The van der Waals surface area contributed by atoms with E-state index in [9.17, 15) is 13.8 Å². The highest BCUT2D eigenvalue weighted by Crippen LogP contribution is 2.30. The number of hydrogen-bond donors (Lipinski definition) is 1. The molecule has 0 aliphatic rings. The molecule has 0 fully saturated rings. The van der Waals surface area contributed by atoms with Crippen molar-refractivity contribution in [2.24, 2.45) is 0 Å². The van der Waals surface area contributed by atoms with Crippen LogP contribution in [0.3, 0.4) is 0 Å². The number of rotatable bonds is 5. The predicted octanol–water partition coefficient (Wildman–Crippen LogP) is 4.18. The zero-order valence-corrected chi connectivity index (χ0v) is 17.2. The number of ether oxygens (including phenoxy) is 1. The van der Waals surface area contributed by atoms with E-state index in [-0.39, 0.29) is 5.91 Å². The number of aromatic nitrogens is 1. The summed E-state index contributed by atoms with van der Waals surface area (Å²) in [6, 6.07) is 14.6. The maximum absolute atomic E-state index is 12.5. The van der Waals surface area contributed by atoms with Crippen molar-refractivity contribution >= 4 is 40.0 Å². The van der Waals surface area contributed by atoms with E-state index in [1.807, 2.05) is 0 Å². The minimum atomic E-state index is -1.11. The molecular weight excluding hydrogens is 412 g/mol. The minimum absolute atomic E-state index is 0.317. The molecular formula is C21H17ClN2O4S. The van der Waals surface area contributed by atoms with Gasteiger partial charge in [-0.05, 0) is 54.6 Å². The topological polar surface area (TPSA) is 85.4 Å². The second kappa shape index (κ2) is 8.98. The molecule has 29 heavy (non-hydrogen) atoms. The molecule has 0 radical (unpaired) electrons. The summed E-state index contributed by atoms with van der Waals surface area (Å²) in [6.45, 7) is 0. The number of amides is 1. The molecule has 1 N–H and O–H groups in total. The zero-order chi connectivity index (χ0) is 21.0. The molecule has 3 aromatic rings. The molecule has 1 aromatic heterocycles. The molecule has 1 heterocycles. The highest BCUT2D eigenvalue weighted by Gasteiger charge is 2.13. The quantitative estimate of drug-likeness (QED) is 0.616. The molecule has 0 saturated carbocycles. The summed E-state index contributed by atoms with van der Waals surface area (Å²) in [5, 5.41) is 3.22. The second-order valence-electron chi connectivity index (χ2n) is 6.05. The highest BCUT2D eigenvalue weighted by molar-refractivity contribution is 7.84. The summed E-state index contributed by atoms with van der Waals surface area (Å²) in [5.74, 6) is -0.798. The van der Waals surface area contributed by atoms with Crippen molar-refractivity contribution < 1.29 is 18.5 Å². The normalized spacial score (nSPS) is 11.6. The molecule has 8 heteroatoms. The van der Waals surface area contributed by atoms with E-state index >= 15 is 0 Å². The van der Waals surface area contributed by atoms with Gasteiger partial charge in [0.15, 0.2) is 0 Å². The number of halogens is 1. The molecule has 1 unspecified atom stereocenters. The Morgan fingerprint density at radius 3 is 2.41 bits per heavy atom. The van der Waals surface area contributed by atoms with Gasteiger partial charge in [-0.2, -0.15) is 0 Å². The van der Waals surface area contributed by atoms with Crippen LogP contribution in [0.1, 0.15) is 20.7 Å². The van der Waals surface area contributed by atoms with Gasteiger partial charge >= 0.3 is 5.97 Å². The number of nitrogens with zero attached hydrogens (tertiary/aromatic N) is 1. The van der Waals surface area contributed by atoms with Crippen molar-refractivity contribution in [3.8, 4) is 11.3 Å². The first kappa shape index (κ1) is 20.7. The van der Waals surface area contributed by atoms with Gasteiger partial charge < -0.3 is 10.1 Å². The molecule has 2 aromatic carbocycles. The van der Waals surface area contributed by atoms with Gasteiger partial charge in [0.2, 0.25) is 0 Å². The number of anilines is 1. The Hall–Kier alpha value is -3.03. The SMILES string of the molecule is COC(=O)c1ccnc(-c2cc(NC(=O)c3ccc(S(C)=O)cc3)ccc2Cl)c1. The first-order chi connectivity index (χ1) is 13.9. The maximum atomic E-state index is 12.5. The molecule has 0 aliphatic heterocycles. The van der Waals surface area contributed by atoms with E-state index in [4.69, 9.17) is 16.3 Å². The Kier molecular flexibility index (Phi) is 6.41. The largest absolute Gasteiger partial charge is 0.465 e. The Balaban J connectivity index is 1.86. The van der Waals surface area contributed by atoms with Crippen molar-refractivity contribution in [1.82, 2.24) is 4.98 Å². The average molecular weight is 429 g/mol. The van der Waals surface area contributed by atoms with E-state index in [1.165, 1.54) is 13.3 Å². The van der Waals surface area contributed by atoms with Gasteiger partial charge in [0.05, 0.1) is 23.4 Å². The summed E-state index contributed by atoms with van der Waals surface area (Å²) in [5.41, 5.74) is 2.33. The summed E-state index contributed by atoms with van der Waals surface area (Å²) < 4.78 is 16.2. The molecule has 6 nitrogen and oxygen atoms in total. The van der Waals surface area contributed by atoms with Crippen LogP contribution in [0.15, 0.2) is 65.7 Å². The van der Waals surface area contributed by atoms with Gasteiger partial charge in [0.1, 0.15) is 0 Å². The van der Waals surface area contributed by atoms with Crippen molar-refractivity contribution in [2.75, 3.05) is 18.7 Å². The van der Waals surface area contributed by atoms with Crippen LogP contribution >= 0.6 is 11.6 Å². The second-order valence-corrected chi connectivity index (χ2v) is 7.84. The lowest BCUT2D eigenvalue weighted by Gasteiger charge is -2.10. The standard InChI is InChI=1S/C21H17ClN2O4S/c1-28-21(26)14-9-10-23-19(11-14)17-12-15(5-8-18(17)22)24-20(25)13-3-6-16(7-4-13)29(2)27/h3-12H,1-2H3,(H,24,25). The third-order valence-corrected chi connectivity index (χ3v) is 5.40. The van der Waals surface area contributed by atoms with E-state index < -0.39 is 16.8 Å². The smallest absolute Gasteiger partial charge is 0.337 e. The third-order valence-electron chi connectivity index (χ3n) is 4.13. The number of carbonyl (C=O) groups is 2. The van der Waals surface area contributed by atoms with Crippen LogP contribution in [0, 0.1) is 0 Å². The van der Waals surface area contributed by atoms with E-state index in [1.54, 1.807) is 60.9 Å². The highest BCUT2D eigenvalue weighted by atomic mass is 35.5. The molecule has 0 bridgehead atoms. The Bertz CT molecular complexity index is 1100. The lowest BCUT2D eigenvalue weighted by molar-refractivity contribution is 0.0600. The fourth-order valence-corrected chi connectivity index (χ4v) is 3.36. The van der Waals surface area contributed by atoms with Crippen molar-refractivity contribution in [3.63, 3.8) is 0 Å². The van der Waals surface area contributed by atoms with Gasteiger partial charge in [0, 0.05) is 45.0 Å². The van der Waals surface area contributed by atoms with Crippen molar-refractivity contribution in [1.29, 1.82) is 0 Å². The summed E-state index contributed by atoms with van der Waals surface area (Å²) in [4.78, 5) is 29.2. The van der Waals surface area contributed by atoms with Crippen molar-refractivity contribution in [3.05, 3.63) is 76.9 Å². The van der Waals surface area contributed by atoms with Gasteiger partial charge in [-0.1, -0.05) is 11.6 Å². The van der Waals surface area contributed by atoms with Crippen molar-refractivity contribution in [2.45, 2.75) is 4.90 Å². The first-order valence-electron chi connectivity index (χ1n) is 8.48. The van der Waals surface area contributed by atoms with Crippen LogP contribution in [-0.2, 0) is 15.5 Å². The maximum Gasteiger partial charge on any atom is 0.337 e. The number of hydrogen-bond acceptors (Lipinski definition) is 5. The third kappa shape index (κ3) is 4.88. The predicted molar refractivity (Wildman–Crippen MR) is 113 cm³/mol. The number of esters is 1. The van der Waals surface area contributed by atoms with Crippen LogP contribution in [-0.4, -0.2) is 34.4 Å². The molecule has 0 spiro atoms. The number of nitrogens with one attached hydrogen (secondary N) is 1. The number of pyridine rings is 1. The molecule has 148 valence electrons. The van der Waals surface area contributed by atoms with Gasteiger partial charge in [-0.25, -0.2) is 4.79 Å².